The largest absolute Gasteiger partial charge is 0.309 e. The maximum Gasteiger partial charge on any atom is 0.0555 e. The lowest BCUT2D eigenvalue weighted by atomic mass is 9.79. The molecule has 12 rings (SSSR count). The van der Waals surface area contributed by atoms with Gasteiger partial charge in [-0.05, 0) is 92.5 Å². The van der Waals surface area contributed by atoms with Crippen molar-refractivity contribution < 1.29 is 0 Å². The van der Waals surface area contributed by atoms with E-state index in [4.69, 9.17) is 0 Å². The third-order valence-electron chi connectivity index (χ3n) is 12.6. The second kappa shape index (κ2) is 13.6. The van der Waals surface area contributed by atoms with Crippen LogP contribution in [0.15, 0.2) is 200 Å². The maximum absolute atomic E-state index is 2.57. The summed E-state index contributed by atoms with van der Waals surface area (Å²) in [7, 11) is 0. The molecule has 0 bridgehead atoms. The van der Waals surface area contributed by atoms with Crippen LogP contribution in [0.1, 0.15) is 25.0 Å². The fraction of sp³-hybridized carbons (Fsp3) is 0.0526. The van der Waals surface area contributed by atoms with Crippen LogP contribution in [0.2, 0.25) is 0 Å². The summed E-state index contributed by atoms with van der Waals surface area (Å²) >= 11 is 3.78. The number of thiophene rings is 2. The van der Waals surface area contributed by atoms with Gasteiger partial charge in [0.1, 0.15) is 0 Å². The maximum atomic E-state index is 2.57. The number of hydrogen-bond acceptors (Lipinski definition) is 3. The zero-order valence-corrected chi connectivity index (χ0v) is 34.9. The first kappa shape index (κ1) is 35.2. The van der Waals surface area contributed by atoms with Crippen LogP contribution in [0, 0.1) is 0 Å². The Bertz CT molecular complexity index is 3450. The molecule has 3 heteroatoms. The molecule has 0 atom stereocenters. The van der Waals surface area contributed by atoms with Crippen molar-refractivity contribution in [2.75, 3.05) is 4.90 Å². The molecule has 284 valence electrons. The van der Waals surface area contributed by atoms with Gasteiger partial charge in [0.25, 0.3) is 0 Å². The first-order valence-corrected chi connectivity index (χ1v) is 22.3. The van der Waals surface area contributed by atoms with E-state index in [9.17, 15) is 0 Å². The van der Waals surface area contributed by atoms with E-state index in [-0.39, 0.29) is 5.41 Å². The van der Waals surface area contributed by atoms with Gasteiger partial charge in [-0.3, -0.25) is 0 Å². The highest BCUT2D eigenvalue weighted by Crippen LogP contribution is 2.58. The summed E-state index contributed by atoms with van der Waals surface area (Å²) in [5.41, 5.74) is 16.2. The van der Waals surface area contributed by atoms with Crippen molar-refractivity contribution in [3.63, 3.8) is 0 Å². The Morgan fingerprint density at radius 3 is 1.83 bits per heavy atom. The number of nitrogens with zero attached hydrogens (tertiary/aromatic N) is 1. The van der Waals surface area contributed by atoms with Gasteiger partial charge in [-0.25, -0.2) is 0 Å². The Kier molecular flexibility index (Phi) is 8.00. The van der Waals surface area contributed by atoms with Crippen molar-refractivity contribution in [3.8, 4) is 44.5 Å². The van der Waals surface area contributed by atoms with Gasteiger partial charge < -0.3 is 4.90 Å². The number of anilines is 3. The lowest BCUT2D eigenvalue weighted by molar-refractivity contribution is 0.662. The molecular weight excluding hydrogens is 763 g/mol. The molecule has 2 heterocycles. The number of fused-ring (bicyclic) bond motifs is 9. The highest BCUT2D eigenvalue weighted by molar-refractivity contribution is 7.26. The molecule has 1 aliphatic carbocycles. The van der Waals surface area contributed by atoms with E-state index in [2.05, 4.69) is 219 Å². The van der Waals surface area contributed by atoms with E-state index in [1.807, 2.05) is 22.7 Å². The quantitative estimate of drug-likeness (QED) is 0.162. The molecule has 0 spiro atoms. The average Bonchev–Trinajstić information content (AvgIpc) is 3.95. The zero-order valence-electron chi connectivity index (χ0n) is 33.3. The number of rotatable bonds is 6. The molecule has 0 N–H and O–H groups in total. The Morgan fingerprint density at radius 2 is 1.05 bits per heavy atom. The van der Waals surface area contributed by atoms with Crippen LogP contribution < -0.4 is 4.90 Å². The molecule has 0 radical (unpaired) electrons. The second-order valence-corrected chi connectivity index (χ2v) is 18.6. The fourth-order valence-electron chi connectivity index (χ4n) is 9.94. The molecule has 1 nitrogen and oxygen atoms in total. The summed E-state index contributed by atoms with van der Waals surface area (Å²) in [5.74, 6) is 0. The van der Waals surface area contributed by atoms with Gasteiger partial charge in [0.2, 0.25) is 0 Å². The molecule has 0 saturated heterocycles. The van der Waals surface area contributed by atoms with E-state index in [1.165, 1.54) is 107 Å². The van der Waals surface area contributed by atoms with Gasteiger partial charge in [0.05, 0.1) is 11.4 Å². The molecule has 0 amide bonds. The second-order valence-electron chi connectivity index (χ2n) is 16.4. The normalized spacial score (nSPS) is 13.0. The van der Waals surface area contributed by atoms with Crippen molar-refractivity contribution in [3.05, 3.63) is 211 Å². The summed E-state index contributed by atoms with van der Waals surface area (Å²) in [6, 6.07) is 74.2. The Morgan fingerprint density at radius 1 is 0.400 bits per heavy atom. The lowest BCUT2D eigenvalue weighted by Gasteiger charge is -2.29. The molecular formula is C57H39NS2. The Labute approximate surface area is 358 Å². The van der Waals surface area contributed by atoms with Gasteiger partial charge in [0.15, 0.2) is 0 Å². The summed E-state index contributed by atoms with van der Waals surface area (Å²) in [4.78, 5) is 2.57. The van der Waals surface area contributed by atoms with E-state index in [1.54, 1.807) is 0 Å². The van der Waals surface area contributed by atoms with Gasteiger partial charge in [-0.15, -0.1) is 22.7 Å². The van der Waals surface area contributed by atoms with Crippen LogP contribution in [0.3, 0.4) is 0 Å². The van der Waals surface area contributed by atoms with E-state index in [0.29, 0.717) is 0 Å². The monoisotopic (exact) mass is 801 g/mol. The number of benzene rings is 9. The van der Waals surface area contributed by atoms with E-state index in [0.717, 1.165) is 5.69 Å². The van der Waals surface area contributed by atoms with Crippen molar-refractivity contribution in [2.45, 2.75) is 19.3 Å². The molecule has 60 heavy (non-hydrogen) atoms. The van der Waals surface area contributed by atoms with Crippen LogP contribution >= 0.6 is 22.7 Å². The first-order chi connectivity index (χ1) is 29.5. The zero-order chi connectivity index (χ0) is 40.0. The minimum absolute atomic E-state index is 0.214. The highest BCUT2D eigenvalue weighted by atomic mass is 32.1. The first-order valence-electron chi connectivity index (χ1n) is 20.7. The van der Waals surface area contributed by atoms with E-state index >= 15 is 0 Å². The van der Waals surface area contributed by atoms with Gasteiger partial charge >= 0.3 is 0 Å². The third kappa shape index (κ3) is 5.36. The Balaban J connectivity index is 1.13. The summed E-state index contributed by atoms with van der Waals surface area (Å²) in [5, 5.41) is 5.14. The third-order valence-corrected chi connectivity index (χ3v) is 15.0. The van der Waals surface area contributed by atoms with E-state index < -0.39 is 0 Å². The molecule has 0 aliphatic heterocycles. The predicted octanol–water partition coefficient (Wildman–Crippen LogP) is 17.2. The van der Waals surface area contributed by atoms with Gasteiger partial charge in [0, 0.05) is 57.0 Å². The summed E-state index contributed by atoms with van der Waals surface area (Å²) in [6.45, 7) is 4.81. The van der Waals surface area contributed by atoms with Crippen molar-refractivity contribution in [1.29, 1.82) is 0 Å². The standard InChI is InChI=1S/C57H39NS2/c1-57(2)47-26-14-27-48(53(47)44-24-12-22-41(55(44)57)37-18-8-4-9-19-37)58(40-31-33-50-46(35-40)43-32-30-39(34-52(43)59-50)36-16-6-3-7-17-36)49-28-15-29-51-54(49)45-25-13-23-42(56(45)60-51)38-20-10-5-11-21-38/h3-35H,1-2H3. The summed E-state index contributed by atoms with van der Waals surface area (Å²) in [6.07, 6.45) is 0. The van der Waals surface area contributed by atoms with Crippen LogP contribution in [0.5, 0.6) is 0 Å². The lowest BCUT2D eigenvalue weighted by Crippen LogP contribution is -2.17. The molecule has 9 aromatic carbocycles. The topological polar surface area (TPSA) is 3.24 Å². The molecule has 1 aliphatic rings. The smallest absolute Gasteiger partial charge is 0.0555 e. The summed E-state index contributed by atoms with van der Waals surface area (Å²) < 4.78 is 5.20. The van der Waals surface area contributed by atoms with Crippen molar-refractivity contribution in [1.82, 2.24) is 0 Å². The molecule has 0 fully saturated rings. The SMILES string of the molecule is CC1(C)c2cccc(N(c3ccc4sc5cc(-c6ccccc6)ccc5c4c3)c3cccc4sc5c(-c6ccccc6)cccc5c34)c2-c2cccc(-c3ccccc3)c21. The van der Waals surface area contributed by atoms with Crippen molar-refractivity contribution in [2.24, 2.45) is 0 Å². The van der Waals surface area contributed by atoms with Crippen LogP contribution in [-0.4, -0.2) is 0 Å². The van der Waals surface area contributed by atoms with Crippen LogP contribution in [0.25, 0.3) is 84.9 Å². The van der Waals surface area contributed by atoms with Crippen LogP contribution in [0.4, 0.5) is 17.1 Å². The highest BCUT2D eigenvalue weighted by Gasteiger charge is 2.40. The molecule has 0 unspecified atom stereocenters. The molecule has 0 saturated carbocycles. The van der Waals surface area contributed by atoms with Crippen LogP contribution in [-0.2, 0) is 5.41 Å². The minimum Gasteiger partial charge on any atom is -0.309 e. The minimum atomic E-state index is -0.214. The van der Waals surface area contributed by atoms with Gasteiger partial charge in [-0.2, -0.15) is 0 Å². The predicted molar refractivity (Wildman–Crippen MR) is 261 cm³/mol. The van der Waals surface area contributed by atoms with Gasteiger partial charge in [-0.1, -0.05) is 172 Å². The molecule has 2 aromatic heterocycles. The molecule has 11 aromatic rings. The van der Waals surface area contributed by atoms with Crippen molar-refractivity contribution >= 4 is 80.1 Å². The fourth-order valence-corrected chi connectivity index (χ4v) is 12.3. The Hall–Kier alpha value is -6.78. The average molecular weight is 802 g/mol. The number of hydrogen-bond donors (Lipinski definition) is 0.